The van der Waals surface area contributed by atoms with Gasteiger partial charge in [-0.3, -0.25) is 20.3 Å². The summed E-state index contributed by atoms with van der Waals surface area (Å²) in [4.78, 5) is 37.9. The summed E-state index contributed by atoms with van der Waals surface area (Å²) >= 11 is 3.42. The number of hydrogen-bond donors (Lipinski definition) is 3. The van der Waals surface area contributed by atoms with Gasteiger partial charge in [0.1, 0.15) is 11.3 Å². The number of urea groups is 1. The molecule has 0 unspecified atom stereocenters. The zero-order valence-electron chi connectivity index (χ0n) is 17.2. The topological polar surface area (TPSA) is 99.8 Å². The van der Waals surface area contributed by atoms with Crippen LogP contribution in [0.4, 0.5) is 4.79 Å². The Kier molecular flexibility index (Phi) is 5.49. The second kappa shape index (κ2) is 7.97. The molecule has 3 N–H and O–H groups in total. The molecule has 0 radical (unpaired) electrons. The van der Waals surface area contributed by atoms with Crippen LogP contribution in [-0.2, 0) is 20.7 Å². The lowest BCUT2D eigenvalue weighted by molar-refractivity contribution is -0.138. The van der Waals surface area contributed by atoms with Crippen molar-refractivity contribution in [1.29, 1.82) is 0 Å². The highest BCUT2D eigenvalue weighted by Crippen LogP contribution is 2.45. The molecule has 2 fully saturated rings. The van der Waals surface area contributed by atoms with Crippen LogP contribution in [0, 0.1) is 0 Å². The normalized spacial score (nSPS) is 21.6. The number of methoxy groups -OCH3 is 1. The fourth-order valence-corrected chi connectivity index (χ4v) is 4.00. The highest BCUT2D eigenvalue weighted by Gasteiger charge is 2.50. The number of nitrogens with zero attached hydrogens (tertiary/aromatic N) is 1. The third kappa shape index (κ3) is 4.03. The van der Waals surface area contributed by atoms with Gasteiger partial charge < -0.3 is 10.1 Å². The maximum atomic E-state index is 13.0. The van der Waals surface area contributed by atoms with Gasteiger partial charge in [-0.05, 0) is 55.2 Å². The Morgan fingerprint density at radius 1 is 1.10 bits per heavy atom. The molecule has 4 rings (SSSR count). The van der Waals surface area contributed by atoms with Crippen molar-refractivity contribution >= 4 is 33.8 Å². The molecular weight excluding hydrogens is 464 g/mol. The van der Waals surface area contributed by atoms with Gasteiger partial charge in [-0.2, -0.15) is 5.01 Å². The molecule has 1 atom stereocenters. The molecule has 1 aliphatic carbocycles. The Labute approximate surface area is 188 Å². The van der Waals surface area contributed by atoms with Gasteiger partial charge in [0, 0.05) is 10.0 Å². The SMILES string of the molecule is COc1ccc([C@]2(C)NC(=O)N(NC(=O)CNC3(c4ccc(Br)cc4)CC3)C2=O)cc1. The number of nitrogens with one attached hydrogen (secondary N) is 3. The standard InChI is InChI=1S/C22H23BrN4O4/c1-21(14-5-9-17(31-2)10-6-14)19(29)27(20(30)25-21)26-18(28)13-24-22(11-12-22)15-3-7-16(23)8-4-15/h3-10,24H,11-13H2,1-2H3,(H,25,30)(H,26,28)/t21-/m0/s1. The fraction of sp³-hybridized carbons (Fsp3) is 0.318. The number of ether oxygens (including phenoxy) is 1. The van der Waals surface area contributed by atoms with Gasteiger partial charge in [-0.25, -0.2) is 4.79 Å². The van der Waals surface area contributed by atoms with Crippen molar-refractivity contribution < 1.29 is 19.1 Å². The van der Waals surface area contributed by atoms with Crippen LogP contribution in [0.5, 0.6) is 5.75 Å². The van der Waals surface area contributed by atoms with Crippen molar-refractivity contribution in [1.82, 2.24) is 21.1 Å². The molecule has 2 aromatic carbocycles. The third-order valence-electron chi connectivity index (χ3n) is 5.83. The third-order valence-corrected chi connectivity index (χ3v) is 6.36. The van der Waals surface area contributed by atoms with E-state index in [0.717, 1.165) is 27.9 Å². The molecule has 31 heavy (non-hydrogen) atoms. The molecule has 1 aliphatic heterocycles. The molecule has 2 aliphatic rings. The summed E-state index contributed by atoms with van der Waals surface area (Å²) < 4.78 is 6.12. The molecule has 1 saturated carbocycles. The monoisotopic (exact) mass is 486 g/mol. The molecule has 9 heteroatoms. The predicted octanol–water partition coefficient (Wildman–Crippen LogP) is 2.53. The lowest BCUT2D eigenvalue weighted by atomic mass is 9.92. The van der Waals surface area contributed by atoms with Crippen molar-refractivity contribution in [2.45, 2.75) is 30.8 Å². The molecule has 1 heterocycles. The van der Waals surface area contributed by atoms with Crippen molar-refractivity contribution in [3.63, 3.8) is 0 Å². The highest BCUT2D eigenvalue weighted by atomic mass is 79.9. The molecule has 2 aromatic rings. The number of imide groups is 1. The molecule has 4 amide bonds. The van der Waals surface area contributed by atoms with Crippen molar-refractivity contribution in [2.75, 3.05) is 13.7 Å². The van der Waals surface area contributed by atoms with E-state index in [4.69, 9.17) is 4.74 Å². The first kappa shape index (κ1) is 21.3. The van der Waals surface area contributed by atoms with Gasteiger partial charge in [-0.1, -0.05) is 40.2 Å². The second-order valence-corrected chi connectivity index (χ2v) is 8.82. The summed E-state index contributed by atoms with van der Waals surface area (Å²) in [7, 11) is 1.55. The number of halogens is 1. The van der Waals surface area contributed by atoms with Crippen LogP contribution in [0.25, 0.3) is 0 Å². The van der Waals surface area contributed by atoms with E-state index < -0.39 is 23.4 Å². The fourth-order valence-electron chi connectivity index (χ4n) is 3.74. The van der Waals surface area contributed by atoms with Crippen LogP contribution in [0.2, 0.25) is 0 Å². The zero-order valence-corrected chi connectivity index (χ0v) is 18.8. The first-order chi connectivity index (χ1) is 14.8. The van der Waals surface area contributed by atoms with E-state index in [9.17, 15) is 14.4 Å². The van der Waals surface area contributed by atoms with Crippen LogP contribution in [0.15, 0.2) is 53.0 Å². The zero-order chi connectivity index (χ0) is 22.2. The molecule has 0 bridgehead atoms. The van der Waals surface area contributed by atoms with E-state index >= 15 is 0 Å². The quantitative estimate of drug-likeness (QED) is 0.522. The van der Waals surface area contributed by atoms with Gasteiger partial charge in [0.25, 0.3) is 11.8 Å². The Morgan fingerprint density at radius 3 is 2.29 bits per heavy atom. The van der Waals surface area contributed by atoms with E-state index in [-0.39, 0.29) is 12.1 Å². The van der Waals surface area contributed by atoms with Crippen molar-refractivity contribution in [3.8, 4) is 5.75 Å². The Morgan fingerprint density at radius 2 is 1.71 bits per heavy atom. The Balaban J connectivity index is 1.39. The maximum absolute atomic E-state index is 13.0. The second-order valence-electron chi connectivity index (χ2n) is 7.90. The molecule has 0 spiro atoms. The molecule has 162 valence electrons. The molecule has 1 saturated heterocycles. The number of rotatable bonds is 7. The summed E-state index contributed by atoms with van der Waals surface area (Å²) in [5.74, 6) is -0.379. The minimum Gasteiger partial charge on any atom is -0.497 e. The summed E-state index contributed by atoms with van der Waals surface area (Å²) in [6, 6.07) is 14.1. The van der Waals surface area contributed by atoms with Crippen LogP contribution < -0.4 is 20.8 Å². The summed E-state index contributed by atoms with van der Waals surface area (Å²) in [5, 5.41) is 6.67. The van der Waals surface area contributed by atoms with Gasteiger partial charge in [0.05, 0.1) is 13.7 Å². The highest BCUT2D eigenvalue weighted by molar-refractivity contribution is 9.10. The number of carbonyl (C=O) groups is 3. The summed E-state index contributed by atoms with van der Waals surface area (Å²) in [6.07, 6.45) is 1.83. The molecule has 0 aromatic heterocycles. The summed E-state index contributed by atoms with van der Waals surface area (Å²) in [5.41, 5.74) is 2.60. The van der Waals surface area contributed by atoms with Gasteiger partial charge in [0.15, 0.2) is 0 Å². The Bertz CT molecular complexity index is 1020. The summed E-state index contributed by atoms with van der Waals surface area (Å²) in [6.45, 7) is 1.58. The smallest absolute Gasteiger partial charge is 0.344 e. The number of hydrazine groups is 1. The van der Waals surface area contributed by atoms with Gasteiger partial charge in [-0.15, -0.1) is 0 Å². The number of amides is 4. The van der Waals surface area contributed by atoms with E-state index in [1.807, 2.05) is 24.3 Å². The molecular formula is C22H23BrN4O4. The van der Waals surface area contributed by atoms with Crippen LogP contribution >= 0.6 is 15.9 Å². The van der Waals surface area contributed by atoms with Gasteiger partial charge in [0.2, 0.25) is 0 Å². The largest absolute Gasteiger partial charge is 0.497 e. The average Bonchev–Trinajstić information content (AvgIpc) is 3.53. The first-order valence-electron chi connectivity index (χ1n) is 9.89. The number of hydrogen-bond acceptors (Lipinski definition) is 5. The Hall–Kier alpha value is -2.91. The van der Waals surface area contributed by atoms with Crippen molar-refractivity contribution in [3.05, 3.63) is 64.1 Å². The van der Waals surface area contributed by atoms with E-state index in [2.05, 4.69) is 32.0 Å². The lowest BCUT2D eigenvalue weighted by Gasteiger charge is -2.23. The van der Waals surface area contributed by atoms with E-state index in [1.165, 1.54) is 0 Å². The first-order valence-corrected chi connectivity index (χ1v) is 10.7. The van der Waals surface area contributed by atoms with E-state index in [1.54, 1.807) is 38.3 Å². The lowest BCUT2D eigenvalue weighted by Crippen LogP contribution is -2.51. The maximum Gasteiger partial charge on any atom is 0.344 e. The van der Waals surface area contributed by atoms with Crippen LogP contribution in [-0.4, -0.2) is 36.5 Å². The van der Waals surface area contributed by atoms with E-state index in [0.29, 0.717) is 11.3 Å². The number of benzene rings is 2. The van der Waals surface area contributed by atoms with Crippen LogP contribution in [0.3, 0.4) is 0 Å². The minimum atomic E-state index is -1.28. The number of carbonyl (C=O) groups excluding carboxylic acids is 3. The average molecular weight is 487 g/mol. The minimum absolute atomic E-state index is 0.0215. The van der Waals surface area contributed by atoms with Gasteiger partial charge >= 0.3 is 6.03 Å². The van der Waals surface area contributed by atoms with Crippen molar-refractivity contribution in [2.24, 2.45) is 0 Å². The molecule has 8 nitrogen and oxygen atoms in total. The van der Waals surface area contributed by atoms with Crippen LogP contribution in [0.1, 0.15) is 30.9 Å². The predicted molar refractivity (Wildman–Crippen MR) is 117 cm³/mol.